The van der Waals surface area contributed by atoms with Crippen molar-refractivity contribution in [1.82, 2.24) is 14.5 Å². The lowest BCUT2D eigenvalue weighted by molar-refractivity contribution is -0.0976. The summed E-state index contributed by atoms with van der Waals surface area (Å²) in [4.78, 5) is 33.7. The minimum absolute atomic E-state index is 0.0129. The van der Waals surface area contributed by atoms with Gasteiger partial charge in [-0.2, -0.15) is 4.98 Å². The van der Waals surface area contributed by atoms with Crippen molar-refractivity contribution in [2.45, 2.75) is 36.4 Å². The molecule has 2 aromatic heterocycles. The van der Waals surface area contributed by atoms with Crippen molar-refractivity contribution in [2.75, 3.05) is 19.5 Å². The summed E-state index contributed by atoms with van der Waals surface area (Å²) in [6, 6.07) is 30.7. The van der Waals surface area contributed by atoms with Crippen LogP contribution in [0.15, 0.2) is 120 Å². The zero-order valence-corrected chi connectivity index (χ0v) is 25.8. The standard InChI is InChI=1S/C36H34N4O7/c1-45-26-15-11-24(12-16-26)36(23-8-4-3-5-9-23,25-13-17-27(46-2)18-14-25)33(42)32-29(41)22-31(47-32)40-21-19-30(39-35(40)44)38-34(43)28-10-6-7-20-37-28/h3-21,29,31-33,41-42H,22H2,1-2H3,(H,38,39,43,44)/t29-,31+,32-,33?/m0/s1. The van der Waals surface area contributed by atoms with Crippen molar-refractivity contribution in [1.29, 1.82) is 0 Å². The molecule has 6 rings (SSSR count). The highest BCUT2D eigenvalue weighted by Gasteiger charge is 2.52. The van der Waals surface area contributed by atoms with Crippen molar-refractivity contribution in [3.05, 3.63) is 148 Å². The molecule has 11 heteroatoms. The molecule has 1 aliphatic rings. The zero-order valence-electron chi connectivity index (χ0n) is 25.8. The molecule has 0 spiro atoms. The quantitative estimate of drug-likeness (QED) is 0.195. The predicted octanol–water partition coefficient (Wildman–Crippen LogP) is 3.95. The van der Waals surface area contributed by atoms with Gasteiger partial charge in [-0.25, -0.2) is 4.79 Å². The van der Waals surface area contributed by atoms with Crippen LogP contribution >= 0.6 is 0 Å². The number of anilines is 1. The molecule has 3 heterocycles. The van der Waals surface area contributed by atoms with E-state index in [-0.39, 0.29) is 17.9 Å². The van der Waals surface area contributed by atoms with E-state index in [1.165, 1.54) is 23.0 Å². The number of hydrogen-bond donors (Lipinski definition) is 3. The topological polar surface area (TPSA) is 145 Å². The molecular weight excluding hydrogens is 600 g/mol. The van der Waals surface area contributed by atoms with Crippen LogP contribution in [0.25, 0.3) is 0 Å². The Morgan fingerprint density at radius 1 is 0.894 bits per heavy atom. The molecule has 47 heavy (non-hydrogen) atoms. The molecule has 1 fully saturated rings. The minimum Gasteiger partial charge on any atom is -0.497 e. The molecule has 5 aromatic rings. The Labute approximate surface area is 271 Å². The maximum atomic E-state index is 13.1. The fourth-order valence-electron chi connectivity index (χ4n) is 6.18. The van der Waals surface area contributed by atoms with E-state index in [0.29, 0.717) is 11.5 Å². The lowest BCUT2D eigenvalue weighted by atomic mass is 9.64. The van der Waals surface area contributed by atoms with Crippen molar-refractivity contribution in [2.24, 2.45) is 0 Å². The molecule has 0 saturated carbocycles. The number of carbonyl (C=O) groups excluding carboxylic acids is 1. The number of aliphatic hydroxyl groups excluding tert-OH is 2. The Morgan fingerprint density at radius 3 is 2.04 bits per heavy atom. The molecule has 11 nitrogen and oxygen atoms in total. The van der Waals surface area contributed by atoms with Crippen molar-refractivity contribution in [3.8, 4) is 11.5 Å². The highest BCUT2D eigenvalue weighted by molar-refractivity contribution is 6.02. The smallest absolute Gasteiger partial charge is 0.351 e. The lowest BCUT2D eigenvalue weighted by Gasteiger charge is -2.43. The van der Waals surface area contributed by atoms with E-state index in [1.54, 1.807) is 32.4 Å². The first kappa shape index (κ1) is 31.6. The molecule has 0 aliphatic carbocycles. The summed E-state index contributed by atoms with van der Waals surface area (Å²) in [5.74, 6) is 0.812. The number of aromatic nitrogens is 3. The third-order valence-electron chi connectivity index (χ3n) is 8.49. The molecule has 240 valence electrons. The summed E-state index contributed by atoms with van der Waals surface area (Å²) >= 11 is 0. The molecule has 0 radical (unpaired) electrons. The van der Waals surface area contributed by atoms with Crippen LogP contribution in [-0.4, -0.2) is 63.2 Å². The number of pyridine rings is 1. The minimum atomic E-state index is -1.34. The fraction of sp³-hybridized carbons (Fsp3) is 0.222. The highest BCUT2D eigenvalue weighted by atomic mass is 16.5. The monoisotopic (exact) mass is 634 g/mol. The summed E-state index contributed by atoms with van der Waals surface area (Å²) in [6.45, 7) is 0. The molecule has 1 saturated heterocycles. The van der Waals surface area contributed by atoms with Gasteiger partial charge < -0.3 is 29.7 Å². The van der Waals surface area contributed by atoms with Gasteiger partial charge in [-0.1, -0.05) is 60.7 Å². The van der Waals surface area contributed by atoms with Crippen LogP contribution in [0, 0.1) is 0 Å². The summed E-state index contributed by atoms with van der Waals surface area (Å²) in [6.07, 6.45) is -1.61. The number of ether oxygens (including phenoxy) is 3. The van der Waals surface area contributed by atoms with Gasteiger partial charge in [-0.15, -0.1) is 0 Å². The Bertz CT molecular complexity index is 1820. The van der Waals surface area contributed by atoms with Crippen LogP contribution in [0.2, 0.25) is 0 Å². The fourth-order valence-corrected chi connectivity index (χ4v) is 6.18. The first-order valence-electron chi connectivity index (χ1n) is 15.0. The Morgan fingerprint density at radius 2 is 1.49 bits per heavy atom. The normalized spacial score (nSPS) is 18.3. The number of carbonyl (C=O) groups is 1. The summed E-state index contributed by atoms with van der Waals surface area (Å²) in [7, 11) is 3.16. The largest absolute Gasteiger partial charge is 0.497 e. The van der Waals surface area contributed by atoms with E-state index in [9.17, 15) is 19.8 Å². The molecule has 1 aliphatic heterocycles. The van der Waals surface area contributed by atoms with Gasteiger partial charge in [0.25, 0.3) is 5.91 Å². The number of hydrogen-bond acceptors (Lipinski definition) is 9. The molecule has 0 bridgehead atoms. The van der Waals surface area contributed by atoms with E-state index >= 15 is 0 Å². The van der Waals surface area contributed by atoms with Gasteiger partial charge >= 0.3 is 5.69 Å². The number of nitrogens with one attached hydrogen (secondary N) is 1. The zero-order chi connectivity index (χ0) is 33.0. The number of amides is 1. The van der Waals surface area contributed by atoms with Crippen LogP contribution in [0.1, 0.15) is 39.8 Å². The number of benzene rings is 3. The number of aliphatic hydroxyl groups is 2. The lowest BCUT2D eigenvalue weighted by Crippen LogP contribution is -2.51. The summed E-state index contributed by atoms with van der Waals surface area (Å²) in [5.41, 5.74) is 0.461. The van der Waals surface area contributed by atoms with E-state index in [4.69, 9.17) is 14.2 Å². The molecular formula is C36H34N4O7. The third-order valence-corrected chi connectivity index (χ3v) is 8.49. The van der Waals surface area contributed by atoms with Crippen molar-refractivity contribution in [3.63, 3.8) is 0 Å². The molecule has 4 atom stereocenters. The van der Waals surface area contributed by atoms with Crippen molar-refractivity contribution < 1.29 is 29.2 Å². The maximum absolute atomic E-state index is 13.1. The van der Waals surface area contributed by atoms with Crippen molar-refractivity contribution >= 4 is 11.7 Å². The van der Waals surface area contributed by atoms with Crippen LogP contribution in [0.4, 0.5) is 5.82 Å². The predicted molar refractivity (Wildman–Crippen MR) is 174 cm³/mol. The number of rotatable bonds is 10. The molecule has 1 unspecified atom stereocenters. The Hall–Kier alpha value is -5.36. The van der Waals surface area contributed by atoms with Crippen LogP contribution in [-0.2, 0) is 10.2 Å². The van der Waals surface area contributed by atoms with Crippen LogP contribution in [0.3, 0.4) is 0 Å². The van der Waals surface area contributed by atoms with Crippen LogP contribution < -0.4 is 20.5 Å². The van der Waals surface area contributed by atoms with Gasteiger partial charge in [-0.3, -0.25) is 14.3 Å². The van der Waals surface area contributed by atoms with Gasteiger partial charge in [0.2, 0.25) is 0 Å². The maximum Gasteiger partial charge on any atom is 0.351 e. The summed E-state index contributed by atoms with van der Waals surface area (Å²) < 4.78 is 18.4. The Kier molecular flexibility index (Phi) is 9.12. The first-order valence-corrected chi connectivity index (χ1v) is 15.0. The van der Waals surface area contributed by atoms with Gasteiger partial charge in [-0.05, 0) is 59.2 Å². The SMILES string of the molecule is COc1ccc(C(c2ccccc2)(c2ccc(OC)cc2)C(O)[C@H]2O[C@@H](n3ccc(NC(=O)c4ccccn4)nc3=O)C[C@@H]2O)cc1. The second-order valence-corrected chi connectivity index (χ2v) is 11.1. The second-order valence-electron chi connectivity index (χ2n) is 11.1. The highest BCUT2D eigenvalue weighted by Crippen LogP contribution is 2.47. The molecule has 3 aromatic carbocycles. The van der Waals surface area contributed by atoms with E-state index < -0.39 is 41.6 Å². The third kappa shape index (κ3) is 6.11. The van der Waals surface area contributed by atoms with Gasteiger partial charge in [0.15, 0.2) is 0 Å². The van der Waals surface area contributed by atoms with E-state index in [2.05, 4.69) is 15.3 Å². The summed E-state index contributed by atoms with van der Waals surface area (Å²) in [5, 5.41) is 26.5. The van der Waals surface area contributed by atoms with Gasteiger partial charge in [0, 0.05) is 18.8 Å². The van der Waals surface area contributed by atoms with E-state index in [1.807, 2.05) is 78.9 Å². The number of methoxy groups -OCH3 is 2. The second kappa shape index (κ2) is 13.6. The molecule has 1 amide bonds. The first-order chi connectivity index (χ1) is 22.8. The average Bonchev–Trinajstić information content (AvgIpc) is 3.50. The number of nitrogens with zero attached hydrogens (tertiary/aromatic N) is 3. The van der Waals surface area contributed by atoms with Crippen LogP contribution in [0.5, 0.6) is 11.5 Å². The van der Waals surface area contributed by atoms with E-state index in [0.717, 1.165) is 16.7 Å². The molecule has 3 N–H and O–H groups in total. The average molecular weight is 635 g/mol. The Balaban J connectivity index is 1.36. The van der Waals surface area contributed by atoms with Gasteiger partial charge in [0.1, 0.15) is 41.4 Å². The van der Waals surface area contributed by atoms with Gasteiger partial charge in [0.05, 0.1) is 25.7 Å².